The Balaban J connectivity index is 2.61. The zero-order valence-electron chi connectivity index (χ0n) is 13.6. The molecule has 5 nitrogen and oxygen atoms in total. The monoisotopic (exact) mass is 359 g/mol. The van der Waals surface area contributed by atoms with Gasteiger partial charge in [-0.3, -0.25) is 14.7 Å². The van der Waals surface area contributed by atoms with E-state index in [9.17, 15) is 14.7 Å². The van der Waals surface area contributed by atoms with Crippen molar-refractivity contribution < 1.29 is 14.0 Å². The van der Waals surface area contributed by atoms with Gasteiger partial charge in [0, 0.05) is 29.2 Å². The number of nitrogens with zero attached hydrogens (tertiary/aromatic N) is 1. The fourth-order valence-electron chi connectivity index (χ4n) is 2.51. The van der Waals surface area contributed by atoms with Gasteiger partial charge in [-0.1, -0.05) is 18.2 Å². The van der Waals surface area contributed by atoms with E-state index in [2.05, 4.69) is 12.6 Å². The van der Waals surface area contributed by atoms with Crippen LogP contribution in [0.25, 0.3) is 0 Å². The van der Waals surface area contributed by atoms with E-state index in [1.807, 2.05) is 25.1 Å². The summed E-state index contributed by atoms with van der Waals surface area (Å²) in [4.78, 5) is 10.9. The van der Waals surface area contributed by atoms with Crippen LogP contribution in [-0.4, -0.2) is 29.5 Å². The van der Waals surface area contributed by atoms with Crippen molar-refractivity contribution in [2.45, 2.75) is 45.1 Å². The predicted octanol–water partition coefficient (Wildman–Crippen LogP) is 4.15. The Morgan fingerprint density at radius 1 is 1.22 bits per heavy atom. The predicted molar refractivity (Wildman–Crippen MR) is 97.9 cm³/mol. The van der Waals surface area contributed by atoms with E-state index < -0.39 is 13.4 Å². The van der Waals surface area contributed by atoms with Crippen molar-refractivity contribution in [3.63, 3.8) is 0 Å². The number of hydrogen-bond acceptors (Lipinski definition) is 5. The Labute approximate surface area is 143 Å². The van der Waals surface area contributed by atoms with Crippen molar-refractivity contribution in [2.75, 3.05) is 18.5 Å². The van der Waals surface area contributed by atoms with Gasteiger partial charge in [-0.15, -0.1) is 0 Å². The van der Waals surface area contributed by atoms with Gasteiger partial charge >= 0.3 is 0 Å². The van der Waals surface area contributed by atoms with Crippen LogP contribution in [0.5, 0.6) is 0 Å². The van der Waals surface area contributed by atoms with Gasteiger partial charge in [0.2, 0.25) is 13.4 Å². The van der Waals surface area contributed by atoms with Gasteiger partial charge in [0.1, 0.15) is 0 Å². The third-order valence-electron chi connectivity index (χ3n) is 3.72. The Morgan fingerprint density at radius 2 is 1.87 bits per heavy atom. The van der Waals surface area contributed by atoms with Crippen LogP contribution in [0.1, 0.15) is 39.0 Å². The van der Waals surface area contributed by atoms with Gasteiger partial charge in [0.05, 0.1) is 6.61 Å². The third kappa shape index (κ3) is 7.06. The molecular formula is C16H26NO4PS. The highest BCUT2D eigenvalue weighted by Crippen LogP contribution is 2.46. The first-order valence-corrected chi connectivity index (χ1v) is 10.5. The van der Waals surface area contributed by atoms with E-state index in [1.165, 1.54) is 0 Å². The third-order valence-corrected chi connectivity index (χ3v) is 6.70. The molecule has 0 aliphatic rings. The van der Waals surface area contributed by atoms with Crippen molar-refractivity contribution in [2.24, 2.45) is 0 Å². The van der Waals surface area contributed by atoms with E-state index in [-0.39, 0.29) is 4.92 Å². The molecule has 0 fully saturated rings. The Hall–Kier alpha value is -0.840. The summed E-state index contributed by atoms with van der Waals surface area (Å²) in [5.41, 5.74) is 0. The number of thiol groups is 1. The van der Waals surface area contributed by atoms with E-state index in [4.69, 9.17) is 4.52 Å². The molecule has 0 saturated heterocycles. The van der Waals surface area contributed by atoms with Crippen molar-refractivity contribution in [1.29, 1.82) is 0 Å². The van der Waals surface area contributed by atoms with Crippen LogP contribution >= 0.6 is 20.0 Å². The number of hydrogen-bond donors (Lipinski definition) is 1. The summed E-state index contributed by atoms with van der Waals surface area (Å²) in [6.07, 6.45) is 3.55. The SMILES string of the molecule is CCOP(=O)(CCCC(CCCCS)[N+](=O)[O-])c1ccccc1. The normalized spacial score (nSPS) is 15.0. The van der Waals surface area contributed by atoms with Gasteiger partial charge in [0.15, 0.2) is 0 Å². The van der Waals surface area contributed by atoms with Crippen LogP contribution in [-0.2, 0) is 9.09 Å². The van der Waals surface area contributed by atoms with Crippen molar-refractivity contribution in [3.05, 3.63) is 40.4 Å². The molecular weight excluding hydrogens is 333 g/mol. The average molecular weight is 359 g/mol. The molecule has 0 spiro atoms. The summed E-state index contributed by atoms with van der Waals surface area (Å²) in [7, 11) is -2.92. The molecule has 0 aliphatic carbocycles. The van der Waals surface area contributed by atoms with Crippen LogP contribution in [0.2, 0.25) is 0 Å². The molecule has 2 unspecified atom stereocenters. The van der Waals surface area contributed by atoms with Crippen LogP contribution in [0.15, 0.2) is 30.3 Å². The molecule has 1 aromatic rings. The molecule has 7 heteroatoms. The highest BCUT2D eigenvalue weighted by molar-refractivity contribution is 7.80. The van der Waals surface area contributed by atoms with Gasteiger partial charge in [0.25, 0.3) is 0 Å². The first-order chi connectivity index (χ1) is 11.0. The van der Waals surface area contributed by atoms with Crippen molar-refractivity contribution >= 4 is 25.3 Å². The summed E-state index contributed by atoms with van der Waals surface area (Å²) in [6.45, 7) is 2.18. The summed E-state index contributed by atoms with van der Waals surface area (Å²) in [5.74, 6) is 0.748. The molecule has 0 amide bonds. The number of unbranched alkanes of at least 4 members (excludes halogenated alkanes) is 1. The number of rotatable bonds is 12. The largest absolute Gasteiger partial charge is 0.326 e. The van der Waals surface area contributed by atoms with Gasteiger partial charge in [-0.25, -0.2) is 0 Å². The van der Waals surface area contributed by atoms with Gasteiger partial charge in [-0.05, 0) is 44.1 Å². The average Bonchev–Trinajstić information content (AvgIpc) is 2.54. The lowest BCUT2D eigenvalue weighted by Crippen LogP contribution is -2.20. The van der Waals surface area contributed by atoms with E-state index in [0.29, 0.717) is 37.3 Å². The molecule has 0 heterocycles. The lowest BCUT2D eigenvalue weighted by Gasteiger charge is -2.18. The lowest BCUT2D eigenvalue weighted by atomic mass is 10.1. The molecule has 1 rings (SSSR count). The second-order valence-corrected chi connectivity index (χ2v) is 8.47. The maximum absolute atomic E-state index is 13.0. The molecule has 0 N–H and O–H groups in total. The molecule has 0 saturated carbocycles. The van der Waals surface area contributed by atoms with Crippen molar-refractivity contribution in [3.8, 4) is 0 Å². The maximum Gasteiger partial charge on any atom is 0.232 e. The van der Waals surface area contributed by atoms with Crippen LogP contribution in [0.3, 0.4) is 0 Å². The first kappa shape index (κ1) is 20.2. The minimum atomic E-state index is -2.92. The van der Waals surface area contributed by atoms with Crippen LogP contribution in [0, 0.1) is 10.1 Å². The quantitative estimate of drug-likeness (QED) is 0.200. The molecule has 0 aliphatic heterocycles. The molecule has 23 heavy (non-hydrogen) atoms. The van der Waals surface area contributed by atoms with E-state index in [1.54, 1.807) is 12.1 Å². The second kappa shape index (κ2) is 10.8. The lowest BCUT2D eigenvalue weighted by molar-refractivity contribution is -0.524. The fraction of sp³-hybridized carbons (Fsp3) is 0.625. The summed E-state index contributed by atoms with van der Waals surface area (Å²) in [5, 5.41) is 11.8. The Kier molecular flexibility index (Phi) is 9.53. The molecule has 2 atom stereocenters. The molecule has 0 radical (unpaired) electrons. The van der Waals surface area contributed by atoms with Gasteiger partial charge in [-0.2, -0.15) is 12.6 Å². The molecule has 0 aromatic heterocycles. The molecule has 1 aromatic carbocycles. The van der Waals surface area contributed by atoms with Crippen LogP contribution < -0.4 is 5.30 Å². The highest BCUT2D eigenvalue weighted by atomic mass is 32.1. The summed E-state index contributed by atoms with van der Waals surface area (Å²) >= 11 is 4.12. The summed E-state index contributed by atoms with van der Waals surface area (Å²) in [6, 6.07) is 8.56. The minimum Gasteiger partial charge on any atom is -0.326 e. The van der Waals surface area contributed by atoms with E-state index in [0.717, 1.165) is 18.6 Å². The highest BCUT2D eigenvalue weighted by Gasteiger charge is 2.27. The first-order valence-electron chi connectivity index (χ1n) is 8.07. The smallest absolute Gasteiger partial charge is 0.232 e. The number of benzene rings is 1. The van der Waals surface area contributed by atoms with E-state index >= 15 is 0 Å². The van der Waals surface area contributed by atoms with Gasteiger partial charge < -0.3 is 4.52 Å². The standard InChI is InChI=1S/C16H26NO4PS/c1-2-21-22(20,16-11-4-3-5-12-16)13-8-10-15(17(18)19)9-6-7-14-23/h3-5,11-12,15,23H,2,6-10,13-14H2,1H3. The minimum absolute atomic E-state index is 0.216. The Bertz CT molecular complexity index is 512. The van der Waals surface area contributed by atoms with Crippen molar-refractivity contribution in [1.82, 2.24) is 0 Å². The number of nitro groups is 1. The maximum atomic E-state index is 13.0. The fourth-order valence-corrected chi connectivity index (χ4v) is 4.92. The topological polar surface area (TPSA) is 69.4 Å². The zero-order valence-corrected chi connectivity index (χ0v) is 15.4. The Morgan fingerprint density at radius 3 is 2.43 bits per heavy atom. The molecule has 130 valence electrons. The second-order valence-electron chi connectivity index (χ2n) is 5.45. The zero-order chi connectivity index (χ0) is 17.1. The molecule has 0 bridgehead atoms. The van der Waals surface area contributed by atoms with Crippen LogP contribution in [0.4, 0.5) is 0 Å². The summed E-state index contributed by atoms with van der Waals surface area (Å²) < 4.78 is 18.6.